The number of hydrogen-bond acceptors (Lipinski definition) is 7. The lowest BCUT2D eigenvalue weighted by Gasteiger charge is -2.08. The van der Waals surface area contributed by atoms with Crippen LogP contribution in [0, 0.1) is 13.8 Å². The van der Waals surface area contributed by atoms with E-state index in [0.29, 0.717) is 28.1 Å². The predicted octanol–water partition coefficient (Wildman–Crippen LogP) is 4.62. The monoisotopic (exact) mass is 440 g/mol. The fourth-order valence-corrected chi connectivity index (χ4v) is 4.49. The quantitative estimate of drug-likeness (QED) is 0.376. The van der Waals surface area contributed by atoms with Crippen molar-refractivity contribution in [2.24, 2.45) is 0 Å². The van der Waals surface area contributed by atoms with Crippen LogP contribution in [0.1, 0.15) is 51.1 Å². The van der Waals surface area contributed by atoms with Gasteiger partial charge in [-0.2, -0.15) is 0 Å². The van der Waals surface area contributed by atoms with Crippen LogP contribution in [0.5, 0.6) is 11.5 Å². The van der Waals surface area contributed by atoms with Crippen molar-refractivity contribution in [1.82, 2.24) is 9.55 Å². The molecule has 0 amide bonds. The van der Waals surface area contributed by atoms with Gasteiger partial charge in [-0.3, -0.25) is 4.79 Å². The molecule has 0 spiro atoms. The molecule has 1 fully saturated rings. The molecule has 8 heteroatoms. The van der Waals surface area contributed by atoms with Gasteiger partial charge in [0.1, 0.15) is 5.01 Å². The van der Waals surface area contributed by atoms with Gasteiger partial charge in [-0.1, -0.05) is 0 Å². The summed E-state index contributed by atoms with van der Waals surface area (Å²) < 4.78 is 18.0. The Balaban J connectivity index is 1.43. The molecular weight excluding hydrogens is 416 g/mol. The molecule has 0 radical (unpaired) electrons. The minimum Gasteiger partial charge on any atom is -0.493 e. The van der Waals surface area contributed by atoms with E-state index in [9.17, 15) is 9.59 Å². The van der Waals surface area contributed by atoms with Crippen LogP contribution >= 0.6 is 11.3 Å². The van der Waals surface area contributed by atoms with E-state index in [-0.39, 0.29) is 18.1 Å². The number of hydrogen-bond donors (Lipinski definition) is 0. The summed E-state index contributed by atoms with van der Waals surface area (Å²) in [7, 11) is 3.13. The zero-order valence-corrected chi connectivity index (χ0v) is 18.7. The third kappa shape index (κ3) is 4.20. The molecule has 0 N–H and O–H groups in total. The first-order valence-corrected chi connectivity index (χ1v) is 10.9. The SMILES string of the molecule is COc1ccc(-c2nc(C(=O)OCC(=O)c3cc(C)n(C4CC4)c3C)cs2)cc1OC. The number of ether oxygens (including phenoxy) is 3. The van der Waals surface area contributed by atoms with Gasteiger partial charge in [0.15, 0.2) is 23.8 Å². The maximum absolute atomic E-state index is 12.6. The first-order chi connectivity index (χ1) is 14.9. The van der Waals surface area contributed by atoms with Crippen molar-refractivity contribution in [2.45, 2.75) is 32.7 Å². The number of carbonyl (C=O) groups is 2. The average molecular weight is 441 g/mol. The van der Waals surface area contributed by atoms with Crippen LogP contribution in [0.4, 0.5) is 0 Å². The first kappa shape index (κ1) is 21.1. The van der Waals surface area contributed by atoms with E-state index in [2.05, 4.69) is 9.55 Å². The summed E-state index contributed by atoms with van der Waals surface area (Å²) in [5.41, 5.74) is 3.58. The standard InChI is InChI=1S/C23H24N2O5S/c1-13-9-17(14(2)25(13)16-6-7-16)19(26)11-30-23(27)18-12-31-22(24-18)15-5-8-20(28-3)21(10-15)29-4/h5,8-10,12,16H,6-7,11H2,1-4H3. The Labute approximate surface area is 184 Å². The number of methoxy groups -OCH3 is 2. The zero-order valence-electron chi connectivity index (χ0n) is 17.9. The second kappa shape index (κ2) is 8.55. The van der Waals surface area contributed by atoms with E-state index in [0.717, 1.165) is 29.8 Å². The van der Waals surface area contributed by atoms with Crippen LogP contribution in [0.3, 0.4) is 0 Å². The second-order valence-corrected chi connectivity index (χ2v) is 8.35. The highest BCUT2D eigenvalue weighted by atomic mass is 32.1. The van der Waals surface area contributed by atoms with Crippen LogP contribution in [0.15, 0.2) is 29.6 Å². The Bertz CT molecular complexity index is 1140. The minimum absolute atomic E-state index is 0.172. The number of aryl methyl sites for hydroxylation is 1. The molecule has 0 bridgehead atoms. The molecule has 31 heavy (non-hydrogen) atoms. The Morgan fingerprint density at radius 3 is 2.55 bits per heavy atom. The van der Waals surface area contributed by atoms with Crippen LogP contribution in [-0.4, -0.2) is 42.1 Å². The number of Topliss-reactive ketones (excluding diaryl/α,β-unsaturated/α-hetero) is 1. The number of ketones is 1. The number of esters is 1. The van der Waals surface area contributed by atoms with Crippen molar-refractivity contribution in [3.05, 3.63) is 52.3 Å². The van der Waals surface area contributed by atoms with Crippen LogP contribution in [-0.2, 0) is 4.74 Å². The summed E-state index contributed by atoms with van der Waals surface area (Å²) in [6.45, 7) is 3.63. The number of carbonyl (C=O) groups excluding carboxylic acids is 2. The van der Waals surface area contributed by atoms with Crippen molar-refractivity contribution < 1.29 is 23.8 Å². The van der Waals surface area contributed by atoms with Gasteiger partial charge in [-0.25, -0.2) is 9.78 Å². The van der Waals surface area contributed by atoms with Crippen molar-refractivity contribution >= 4 is 23.1 Å². The van der Waals surface area contributed by atoms with Crippen molar-refractivity contribution in [3.63, 3.8) is 0 Å². The topological polar surface area (TPSA) is 79.7 Å². The summed E-state index contributed by atoms with van der Waals surface area (Å²) >= 11 is 1.32. The molecule has 0 unspecified atom stereocenters. The van der Waals surface area contributed by atoms with Crippen LogP contribution in [0.2, 0.25) is 0 Å². The Hall–Kier alpha value is -3.13. The Morgan fingerprint density at radius 1 is 1.13 bits per heavy atom. The summed E-state index contributed by atoms with van der Waals surface area (Å²) in [5.74, 6) is 0.367. The summed E-state index contributed by atoms with van der Waals surface area (Å²) in [4.78, 5) is 29.4. The van der Waals surface area contributed by atoms with Gasteiger partial charge >= 0.3 is 5.97 Å². The molecular formula is C23H24N2O5S. The smallest absolute Gasteiger partial charge is 0.358 e. The normalized spacial score (nSPS) is 13.2. The van der Waals surface area contributed by atoms with Gasteiger partial charge in [-0.05, 0) is 51.0 Å². The molecule has 2 aromatic heterocycles. The van der Waals surface area contributed by atoms with Gasteiger partial charge in [0.25, 0.3) is 0 Å². The molecule has 2 heterocycles. The fourth-order valence-electron chi connectivity index (χ4n) is 3.71. The van der Waals surface area contributed by atoms with E-state index < -0.39 is 5.97 Å². The van der Waals surface area contributed by atoms with Gasteiger partial charge < -0.3 is 18.8 Å². The molecule has 4 rings (SSSR count). The lowest BCUT2D eigenvalue weighted by molar-refractivity contribution is 0.0469. The van der Waals surface area contributed by atoms with E-state index in [4.69, 9.17) is 14.2 Å². The number of rotatable bonds is 8. The lowest BCUT2D eigenvalue weighted by atomic mass is 10.1. The molecule has 0 saturated heterocycles. The number of aromatic nitrogens is 2. The number of nitrogens with zero attached hydrogens (tertiary/aromatic N) is 2. The van der Waals surface area contributed by atoms with Crippen molar-refractivity contribution in [2.75, 3.05) is 20.8 Å². The minimum atomic E-state index is -0.618. The molecule has 1 aromatic carbocycles. The Morgan fingerprint density at radius 2 is 1.87 bits per heavy atom. The molecule has 0 atom stereocenters. The number of benzene rings is 1. The molecule has 1 aliphatic rings. The summed E-state index contributed by atoms with van der Waals surface area (Å²) in [6.07, 6.45) is 2.29. The van der Waals surface area contributed by atoms with Crippen molar-refractivity contribution in [1.29, 1.82) is 0 Å². The maximum atomic E-state index is 12.6. The van der Waals surface area contributed by atoms with Crippen LogP contribution < -0.4 is 9.47 Å². The molecule has 7 nitrogen and oxygen atoms in total. The zero-order chi connectivity index (χ0) is 22.1. The van der Waals surface area contributed by atoms with E-state index >= 15 is 0 Å². The van der Waals surface area contributed by atoms with Gasteiger partial charge in [-0.15, -0.1) is 11.3 Å². The maximum Gasteiger partial charge on any atom is 0.358 e. The predicted molar refractivity (Wildman–Crippen MR) is 117 cm³/mol. The largest absolute Gasteiger partial charge is 0.493 e. The highest BCUT2D eigenvalue weighted by Gasteiger charge is 2.28. The van der Waals surface area contributed by atoms with E-state index in [1.54, 1.807) is 31.7 Å². The first-order valence-electron chi connectivity index (χ1n) is 9.99. The lowest BCUT2D eigenvalue weighted by Crippen LogP contribution is -2.15. The van der Waals surface area contributed by atoms with E-state index in [1.165, 1.54) is 11.3 Å². The third-order valence-corrected chi connectivity index (χ3v) is 6.27. The summed E-state index contributed by atoms with van der Waals surface area (Å²) in [5, 5.41) is 2.27. The Kier molecular flexibility index (Phi) is 5.82. The van der Waals surface area contributed by atoms with Crippen molar-refractivity contribution in [3.8, 4) is 22.1 Å². The highest BCUT2D eigenvalue weighted by molar-refractivity contribution is 7.13. The van der Waals surface area contributed by atoms with Gasteiger partial charge in [0.2, 0.25) is 5.78 Å². The van der Waals surface area contributed by atoms with E-state index in [1.807, 2.05) is 26.0 Å². The van der Waals surface area contributed by atoms with Gasteiger partial charge in [0, 0.05) is 33.9 Å². The second-order valence-electron chi connectivity index (χ2n) is 7.49. The molecule has 162 valence electrons. The molecule has 1 aliphatic carbocycles. The fraction of sp³-hybridized carbons (Fsp3) is 0.348. The molecule has 1 saturated carbocycles. The summed E-state index contributed by atoms with van der Waals surface area (Å²) in [6, 6.07) is 7.79. The number of thiazole rings is 1. The highest BCUT2D eigenvalue weighted by Crippen LogP contribution is 2.38. The third-order valence-electron chi connectivity index (χ3n) is 5.37. The average Bonchev–Trinajstić information content (AvgIpc) is 3.39. The van der Waals surface area contributed by atoms with Crippen LogP contribution in [0.25, 0.3) is 10.6 Å². The van der Waals surface area contributed by atoms with Gasteiger partial charge in [0.05, 0.1) is 14.2 Å². The molecule has 0 aliphatic heterocycles. The molecule has 3 aromatic rings.